The van der Waals surface area contributed by atoms with Crippen molar-refractivity contribution >= 4 is 11.6 Å². The van der Waals surface area contributed by atoms with Gasteiger partial charge in [0.1, 0.15) is 5.75 Å². The minimum Gasteiger partial charge on any atom is -0.497 e. The Labute approximate surface area is 125 Å². The topological polar surface area (TPSA) is 76.8 Å². The van der Waals surface area contributed by atoms with Gasteiger partial charge in [0.25, 0.3) is 0 Å². The molecule has 0 aliphatic carbocycles. The zero-order valence-electron chi connectivity index (χ0n) is 12.5. The van der Waals surface area contributed by atoms with Gasteiger partial charge in [0.15, 0.2) is 0 Å². The van der Waals surface area contributed by atoms with E-state index in [0.29, 0.717) is 19.7 Å². The quantitative estimate of drug-likeness (QED) is 0.835. The van der Waals surface area contributed by atoms with Gasteiger partial charge >= 0.3 is 0 Å². The third kappa shape index (κ3) is 4.70. The third-order valence-electron chi connectivity index (χ3n) is 3.51. The second-order valence-corrected chi connectivity index (χ2v) is 5.28. The van der Waals surface area contributed by atoms with Crippen LogP contribution in [-0.4, -0.2) is 56.3 Å². The number of carbonyl (C=O) groups is 1. The van der Waals surface area contributed by atoms with Crippen LogP contribution >= 0.6 is 0 Å². The van der Waals surface area contributed by atoms with E-state index in [1.165, 1.54) is 0 Å². The van der Waals surface area contributed by atoms with Crippen LogP contribution in [0.1, 0.15) is 6.92 Å². The second-order valence-electron chi connectivity index (χ2n) is 5.28. The van der Waals surface area contributed by atoms with Crippen LogP contribution in [0, 0.1) is 0 Å². The van der Waals surface area contributed by atoms with Crippen molar-refractivity contribution in [1.82, 2.24) is 4.90 Å². The SMILES string of the molecule is COc1ccc(NC(=O)CN2CCOC(C(C)N)C2)cc1. The highest BCUT2D eigenvalue weighted by Gasteiger charge is 2.24. The zero-order valence-corrected chi connectivity index (χ0v) is 12.5. The Kier molecular flexibility index (Phi) is 5.55. The smallest absolute Gasteiger partial charge is 0.238 e. The molecule has 1 aliphatic rings. The molecule has 0 saturated carbocycles. The van der Waals surface area contributed by atoms with Crippen molar-refractivity contribution < 1.29 is 14.3 Å². The molecule has 1 aromatic carbocycles. The van der Waals surface area contributed by atoms with Crippen molar-refractivity contribution in [1.29, 1.82) is 0 Å². The van der Waals surface area contributed by atoms with Crippen LogP contribution < -0.4 is 15.8 Å². The lowest BCUT2D eigenvalue weighted by molar-refractivity contribution is -0.119. The fourth-order valence-corrected chi connectivity index (χ4v) is 2.27. The van der Waals surface area contributed by atoms with Crippen LogP contribution in [0.25, 0.3) is 0 Å². The van der Waals surface area contributed by atoms with Gasteiger partial charge < -0.3 is 20.5 Å². The van der Waals surface area contributed by atoms with Crippen molar-refractivity contribution in [3.05, 3.63) is 24.3 Å². The molecule has 116 valence electrons. The number of hydrogen-bond donors (Lipinski definition) is 2. The van der Waals surface area contributed by atoms with Gasteiger partial charge in [-0.25, -0.2) is 0 Å². The normalized spacial score (nSPS) is 20.8. The molecule has 0 aromatic heterocycles. The number of carbonyl (C=O) groups excluding carboxylic acids is 1. The first-order valence-electron chi connectivity index (χ1n) is 7.12. The van der Waals surface area contributed by atoms with Gasteiger partial charge in [0, 0.05) is 24.8 Å². The van der Waals surface area contributed by atoms with Gasteiger partial charge in [-0.2, -0.15) is 0 Å². The summed E-state index contributed by atoms with van der Waals surface area (Å²) in [4.78, 5) is 14.1. The molecule has 0 spiro atoms. The number of methoxy groups -OCH3 is 1. The molecule has 1 heterocycles. The Morgan fingerprint density at radius 2 is 2.24 bits per heavy atom. The number of nitrogens with two attached hydrogens (primary N) is 1. The van der Waals surface area contributed by atoms with Crippen molar-refractivity contribution in [2.75, 3.05) is 38.7 Å². The molecule has 6 nitrogen and oxygen atoms in total. The second kappa shape index (κ2) is 7.40. The van der Waals surface area contributed by atoms with Gasteiger partial charge in [-0.15, -0.1) is 0 Å². The van der Waals surface area contributed by atoms with E-state index in [2.05, 4.69) is 10.2 Å². The Morgan fingerprint density at radius 1 is 1.52 bits per heavy atom. The molecule has 1 aromatic rings. The summed E-state index contributed by atoms with van der Waals surface area (Å²) in [5.74, 6) is 0.728. The fourth-order valence-electron chi connectivity index (χ4n) is 2.27. The standard InChI is InChI=1S/C15H23N3O3/c1-11(16)14-9-18(7-8-21-14)10-15(19)17-12-3-5-13(20-2)6-4-12/h3-6,11,14H,7-10,16H2,1-2H3,(H,17,19). The summed E-state index contributed by atoms with van der Waals surface area (Å²) in [5, 5.41) is 2.88. The Hall–Kier alpha value is -1.63. The van der Waals surface area contributed by atoms with Gasteiger partial charge in [0.2, 0.25) is 5.91 Å². The number of amides is 1. The first kappa shape index (κ1) is 15.8. The summed E-state index contributed by atoms with van der Waals surface area (Å²) in [7, 11) is 1.61. The molecular weight excluding hydrogens is 270 g/mol. The monoisotopic (exact) mass is 293 g/mol. The first-order valence-corrected chi connectivity index (χ1v) is 7.12. The molecule has 1 fully saturated rings. The molecular formula is C15H23N3O3. The van der Waals surface area contributed by atoms with Gasteiger partial charge in [-0.1, -0.05) is 0 Å². The van der Waals surface area contributed by atoms with Crippen LogP contribution in [0.5, 0.6) is 5.75 Å². The van der Waals surface area contributed by atoms with Crippen LogP contribution in [0.2, 0.25) is 0 Å². The lowest BCUT2D eigenvalue weighted by Crippen LogP contribution is -2.51. The molecule has 6 heteroatoms. The summed E-state index contributed by atoms with van der Waals surface area (Å²) < 4.78 is 10.7. The van der Waals surface area contributed by atoms with Crippen molar-refractivity contribution in [2.24, 2.45) is 5.73 Å². The van der Waals surface area contributed by atoms with E-state index in [1.807, 2.05) is 31.2 Å². The Balaban J connectivity index is 1.83. The summed E-state index contributed by atoms with van der Waals surface area (Å²) in [6.45, 7) is 4.32. The van der Waals surface area contributed by atoms with Crippen LogP contribution in [-0.2, 0) is 9.53 Å². The van der Waals surface area contributed by atoms with Crippen LogP contribution in [0.3, 0.4) is 0 Å². The zero-order chi connectivity index (χ0) is 15.2. The summed E-state index contributed by atoms with van der Waals surface area (Å²) in [5.41, 5.74) is 6.61. The predicted molar refractivity (Wildman–Crippen MR) is 81.5 cm³/mol. The molecule has 1 saturated heterocycles. The molecule has 1 amide bonds. The Bertz CT molecular complexity index is 462. The number of hydrogen-bond acceptors (Lipinski definition) is 5. The van der Waals surface area contributed by atoms with E-state index in [9.17, 15) is 4.79 Å². The lowest BCUT2D eigenvalue weighted by Gasteiger charge is -2.34. The number of rotatable bonds is 5. The number of nitrogens with one attached hydrogen (secondary N) is 1. The number of ether oxygens (including phenoxy) is 2. The molecule has 2 rings (SSSR count). The predicted octanol–water partition coefficient (Wildman–Crippen LogP) is 0.682. The average Bonchev–Trinajstić information content (AvgIpc) is 2.48. The van der Waals surface area contributed by atoms with Crippen LogP contribution in [0.4, 0.5) is 5.69 Å². The van der Waals surface area contributed by atoms with E-state index in [1.54, 1.807) is 7.11 Å². The maximum Gasteiger partial charge on any atom is 0.238 e. The minimum absolute atomic E-state index is 0.00691. The number of anilines is 1. The summed E-state index contributed by atoms with van der Waals surface area (Å²) in [6.07, 6.45) is -0.00691. The highest BCUT2D eigenvalue weighted by molar-refractivity contribution is 5.92. The van der Waals surface area contributed by atoms with Gasteiger partial charge in [-0.3, -0.25) is 9.69 Å². The average molecular weight is 293 g/mol. The molecule has 3 N–H and O–H groups in total. The molecule has 2 unspecified atom stereocenters. The van der Waals surface area contributed by atoms with Crippen molar-refractivity contribution in [2.45, 2.75) is 19.1 Å². The first-order chi connectivity index (χ1) is 10.1. The van der Waals surface area contributed by atoms with Crippen LogP contribution in [0.15, 0.2) is 24.3 Å². The van der Waals surface area contributed by atoms with E-state index >= 15 is 0 Å². The lowest BCUT2D eigenvalue weighted by atomic mass is 10.1. The maximum atomic E-state index is 12.1. The third-order valence-corrected chi connectivity index (χ3v) is 3.51. The molecule has 21 heavy (non-hydrogen) atoms. The summed E-state index contributed by atoms with van der Waals surface area (Å²) in [6, 6.07) is 7.24. The van der Waals surface area contributed by atoms with Gasteiger partial charge in [-0.05, 0) is 31.2 Å². The number of morpholine rings is 1. The van der Waals surface area contributed by atoms with E-state index < -0.39 is 0 Å². The van der Waals surface area contributed by atoms with E-state index in [4.69, 9.17) is 15.2 Å². The largest absolute Gasteiger partial charge is 0.497 e. The fraction of sp³-hybridized carbons (Fsp3) is 0.533. The molecule has 0 bridgehead atoms. The Morgan fingerprint density at radius 3 is 2.86 bits per heavy atom. The highest BCUT2D eigenvalue weighted by Crippen LogP contribution is 2.15. The van der Waals surface area contributed by atoms with E-state index in [-0.39, 0.29) is 18.1 Å². The molecule has 0 radical (unpaired) electrons. The number of benzene rings is 1. The highest BCUT2D eigenvalue weighted by atomic mass is 16.5. The van der Waals surface area contributed by atoms with E-state index in [0.717, 1.165) is 18.0 Å². The summed E-state index contributed by atoms with van der Waals surface area (Å²) >= 11 is 0. The number of nitrogens with zero attached hydrogens (tertiary/aromatic N) is 1. The maximum absolute atomic E-state index is 12.1. The van der Waals surface area contributed by atoms with Crippen molar-refractivity contribution in [3.63, 3.8) is 0 Å². The minimum atomic E-state index is -0.0366. The molecule has 2 atom stereocenters. The van der Waals surface area contributed by atoms with Gasteiger partial charge in [0.05, 0.1) is 26.4 Å². The molecule has 1 aliphatic heterocycles. The van der Waals surface area contributed by atoms with Crippen molar-refractivity contribution in [3.8, 4) is 5.75 Å².